The van der Waals surface area contributed by atoms with E-state index in [0.29, 0.717) is 16.1 Å². The van der Waals surface area contributed by atoms with Crippen molar-refractivity contribution < 1.29 is 4.74 Å². The van der Waals surface area contributed by atoms with Crippen molar-refractivity contribution in [1.82, 2.24) is 9.38 Å². The lowest BCUT2D eigenvalue weighted by molar-refractivity contribution is 0.317. The molecule has 0 atom stereocenters. The molecule has 0 saturated heterocycles. The van der Waals surface area contributed by atoms with Crippen molar-refractivity contribution >= 4 is 22.4 Å². The molecular weight excluding hydrogens is 416 g/mol. The van der Waals surface area contributed by atoms with Crippen molar-refractivity contribution in [2.75, 3.05) is 6.61 Å². The van der Waals surface area contributed by atoms with Crippen LogP contribution < -0.4 is 14.8 Å². The zero-order valence-corrected chi connectivity index (χ0v) is 18.5. The summed E-state index contributed by atoms with van der Waals surface area (Å²) in [5, 5.41) is 0. The van der Waals surface area contributed by atoms with Crippen LogP contribution in [0, 0.1) is 0 Å². The van der Waals surface area contributed by atoms with Gasteiger partial charge in [0.2, 0.25) is 0 Å². The first-order valence-electron chi connectivity index (χ1n) is 10.7. The Hall–Kier alpha value is -3.70. The van der Waals surface area contributed by atoms with Crippen LogP contribution in [0.15, 0.2) is 89.7 Å². The molecule has 0 unspecified atom stereocenters. The van der Waals surface area contributed by atoms with Gasteiger partial charge in [-0.05, 0) is 18.6 Å². The number of fused-ring (bicyclic) bond motifs is 1. The number of ether oxygens (including phenoxy) is 1. The Morgan fingerprint density at radius 1 is 0.906 bits per heavy atom. The molecule has 0 saturated carbocycles. The van der Waals surface area contributed by atoms with Gasteiger partial charge in [0.25, 0.3) is 5.56 Å². The lowest BCUT2D eigenvalue weighted by atomic mass is 10.1. The highest BCUT2D eigenvalue weighted by Gasteiger charge is 2.20. The molecule has 3 aromatic carbocycles. The molecule has 32 heavy (non-hydrogen) atoms. The third-order valence-corrected chi connectivity index (χ3v) is 6.19. The van der Waals surface area contributed by atoms with Gasteiger partial charge in [-0.2, -0.15) is 0 Å². The van der Waals surface area contributed by atoms with Crippen molar-refractivity contribution in [3.8, 4) is 28.3 Å². The number of benzene rings is 3. The standard InChI is InChI=1S/C27H22N2O2S/c1-2-17-31-22-16-10-9-15-21(22)18-23-26(30)29-25(20-13-7-4-8-14-20)24(28-27(29)32-23)19-11-5-3-6-12-19/h3-16,18H,2,17H2,1H3/b23-18-. The Morgan fingerprint density at radius 2 is 1.56 bits per heavy atom. The first-order chi connectivity index (χ1) is 15.8. The van der Waals surface area contributed by atoms with E-state index in [-0.39, 0.29) is 5.56 Å². The van der Waals surface area contributed by atoms with E-state index in [9.17, 15) is 4.79 Å². The fourth-order valence-corrected chi connectivity index (χ4v) is 4.71. The van der Waals surface area contributed by atoms with Crippen molar-refractivity contribution in [2.24, 2.45) is 0 Å². The quantitative estimate of drug-likeness (QED) is 0.355. The van der Waals surface area contributed by atoms with Gasteiger partial charge in [-0.25, -0.2) is 9.38 Å². The smallest absolute Gasteiger partial charge is 0.274 e. The fourth-order valence-electron chi connectivity index (χ4n) is 3.74. The van der Waals surface area contributed by atoms with Crippen LogP contribution in [-0.4, -0.2) is 16.0 Å². The zero-order valence-electron chi connectivity index (χ0n) is 17.7. The van der Waals surface area contributed by atoms with Crippen LogP contribution in [0.4, 0.5) is 0 Å². The summed E-state index contributed by atoms with van der Waals surface area (Å²) in [5.74, 6) is 0.785. The Kier molecular flexibility index (Phi) is 5.57. The normalized spacial score (nSPS) is 11.8. The number of hydrogen-bond acceptors (Lipinski definition) is 4. The molecular formula is C27H22N2O2S. The van der Waals surface area contributed by atoms with Gasteiger partial charge in [-0.3, -0.25) is 4.79 Å². The summed E-state index contributed by atoms with van der Waals surface area (Å²) in [6.07, 6.45) is 2.83. The number of para-hydroxylation sites is 1. The maximum atomic E-state index is 13.6. The minimum Gasteiger partial charge on any atom is -0.493 e. The molecule has 0 aliphatic heterocycles. The van der Waals surface area contributed by atoms with E-state index < -0.39 is 0 Å². The second-order valence-corrected chi connectivity index (χ2v) is 8.47. The van der Waals surface area contributed by atoms with Gasteiger partial charge < -0.3 is 4.74 Å². The van der Waals surface area contributed by atoms with Crippen molar-refractivity contribution in [3.63, 3.8) is 0 Å². The number of aromatic nitrogens is 2. The minimum absolute atomic E-state index is 0.0659. The molecule has 0 aliphatic carbocycles. The largest absolute Gasteiger partial charge is 0.493 e. The molecule has 0 fully saturated rings. The third-order valence-electron chi connectivity index (χ3n) is 5.22. The Balaban J connectivity index is 1.73. The maximum Gasteiger partial charge on any atom is 0.274 e. The lowest BCUT2D eigenvalue weighted by Crippen LogP contribution is -2.23. The molecule has 158 valence electrons. The molecule has 5 aromatic rings. The summed E-state index contributed by atoms with van der Waals surface area (Å²) in [6, 6.07) is 27.8. The van der Waals surface area contributed by atoms with Gasteiger partial charge in [0.1, 0.15) is 5.75 Å². The number of imidazole rings is 1. The minimum atomic E-state index is -0.0659. The molecule has 5 rings (SSSR count). The van der Waals surface area contributed by atoms with E-state index in [2.05, 4.69) is 6.92 Å². The molecule has 0 aliphatic rings. The molecule has 0 radical (unpaired) electrons. The van der Waals surface area contributed by atoms with Gasteiger partial charge in [0, 0.05) is 16.7 Å². The van der Waals surface area contributed by atoms with E-state index in [4.69, 9.17) is 9.72 Å². The molecule has 2 heterocycles. The van der Waals surface area contributed by atoms with Crippen LogP contribution in [0.1, 0.15) is 18.9 Å². The fraction of sp³-hybridized carbons (Fsp3) is 0.111. The molecule has 2 aromatic heterocycles. The molecule has 0 spiro atoms. The Labute approximate surface area is 190 Å². The van der Waals surface area contributed by atoms with E-state index in [1.807, 2.05) is 91.0 Å². The molecule has 5 heteroatoms. The van der Waals surface area contributed by atoms with Crippen molar-refractivity contribution in [2.45, 2.75) is 13.3 Å². The highest BCUT2D eigenvalue weighted by Crippen LogP contribution is 2.32. The number of thiazole rings is 1. The van der Waals surface area contributed by atoms with Crippen LogP contribution in [0.25, 0.3) is 33.6 Å². The van der Waals surface area contributed by atoms with Gasteiger partial charge in [-0.15, -0.1) is 0 Å². The van der Waals surface area contributed by atoms with Gasteiger partial charge >= 0.3 is 0 Å². The number of hydrogen-bond donors (Lipinski definition) is 0. The highest BCUT2D eigenvalue weighted by molar-refractivity contribution is 7.15. The summed E-state index contributed by atoms with van der Waals surface area (Å²) in [7, 11) is 0. The first kappa shape index (κ1) is 20.2. The Bertz CT molecular complexity index is 1470. The molecule has 4 nitrogen and oxygen atoms in total. The summed E-state index contributed by atoms with van der Waals surface area (Å²) < 4.78 is 8.25. The topological polar surface area (TPSA) is 43.6 Å². The molecule has 0 N–H and O–H groups in total. The van der Waals surface area contributed by atoms with Gasteiger partial charge in [0.15, 0.2) is 4.96 Å². The second-order valence-electron chi connectivity index (χ2n) is 7.46. The van der Waals surface area contributed by atoms with Crippen LogP contribution in [-0.2, 0) is 0 Å². The SMILES string of the molecule is CCCOc1ccccc1/C=c1\sc2nc(-c3ccccc3)c(-c3ccccc3)n2c1=O. The Morgan fingerprint density at radius 3 is 2.28 bits per heavy atom. The predicted octanol–water partition coefficient (Wildman–Crippen LogP) is 5.43. The van der Waals surface area contributed by atoms with Crippen LogP contribution in [0.2, 0.25) is 0 Å². The van der Waals surface area contributed by atoms with E-state index in [1.165, 1.54) is 11.3 Å². The van der Waals surface area contributed by atoms with Crippen LogP contribution in [0.3, 0.4) is 0 Å². The van der Waals surface area contributed by atoms with E-state index in [1.54, 1.807) is 4.40 Å². The number of rotatable bonds is 6. The molecule has 0 bridgehead atoms. The van der Waals surface area contributed by atoms with Crippen LogP contribution >= 0.6 is 11.3 Å². The van der Waals surface area contributed by atoms with Crippen LogP contribution in [0.5, 0.6) is 5.75 Å². The summed E-state index contributed by atoms with van der Waals surface area (Å²) in [4.78, 5) is 19.1. The average Bonchev–Trinajstić information content (AvgIpc) is 3.36. The third kappa shape index (κ3) is 3.72. The van der Waals surface area contributed by atoms with E-state index >= 15 is 0 Å². The summed E-state index contributed by atoms with van der Waals surface area (Å²) >= 11 is 1.40. The second kappa shape index (κ2) is 8.81. The first-order valence-corrected chi connectivity index (χ1v) is 11.5. The van der Waals surface area contributed by atoms with Gasteiger partial charge in [0.05, 0.1) is 22.5 Å². The van der Waals surface area contributed by atoms with Crippen molar-refractivity contribution in [1.29, 1.82) is 0 Å². The highest BCUT2D eigenvalue weighted by atomic mass is 32.1. The van der Waals surface area contributed by atoms with E-state index in [0.717, 1.165) is 40.2 Å². The molecule has 0 amide bonds. The lowest BCUT2D eigenvalue weighted by Gasteiger charge is -2.07. The van der Waals surface area contributed by atoms with Gasteiger partial charge in [-0.1, -0.05) is 97.1 Å². The van der Waals surface area contributed by atoms with Crippen molar-refractivity contribution in [3.05, 3.63) is 105 Å². The maximum absolute atomic E-state index is 13.6. The predicted molar refractivity (Wildman–Crippen MR) is 131 cm³/mol. The summed E-state index contributed by atoms with van der Waals surface area (Å²) in [6.45, 7) is 2.72. The summed E-state index contributed by atoms with van der Waals surface area (Å²) in [5.41, 5.74) is 4.43. The zero-order chi connectivity index (χ0) is 21.9. The monoisotopic (exact) mass is 438 g/mol. The average molecular weight is 439 g/mol. The number of nitrogens with zero attached hydrogens (tertiary/aromatic N) is 2.